The van der Waals surface area contributed by atoms with Gasteiger partial charge < -0.3 is 5.11 Å². The molecule has 0 aliphatic carbocycles. The molecule has 6 nitrogen and oxygen atoms in total. The maximum absolute atomic E-state index is 12.2. The summed E-state index contributed by atoms with van der Waals surface area (Å²) in [6.45, 7) is 1.86. The zero-order valence-corrected chi connectivity index (χ0v) is 12.5. The van der Waals surface area contributed by atoms with E-state index >= 15 is 0 Å². The molecule has 1 aromatic heterocycles. The van der Waals surface area contributed by atoms with E-state index in [9.17, 15) is 13.5 Å². The van der Waals surface area contributed by atoms with Crippen LogP contribution >= 0.6 is 0 Å². The highest BCUT2D eigenvalue weighted by Gasteiger charge is 2.15. The Labute approximate surface area is 123 Å². The van der Waals surface area contributed by atoms with E-state index in [0.717, 1.165) is 12.0 Å². The van der Waals surface area contributed by atoms with Gasteiger partial charge in [0.05, 0.1) is 23.7 Å². The van der Waals surface area contributed by atoms with Gasteiger partial charge in [-0.3, -0.25) is 0 Å². The number of hydrogen-bond donors (Lipinski definition) is 2. The maximum atomic E-state index is 12.2. The van der Waals surface area contributed by atoms with E-state index in [1.165, 1.54) is 12.4 Å². The Bertz CT molecular complexity index is 703. The maximum Gasteiger partial charge on any atom is 0.240 e. The molecule has 0 aliphatic heterocycles. The molecule has 2 N–H and O–H groups in total. The van der Waals surface area contributed by atoms with Gasteiger partial charge in [-0.2, -0.15) is 0 Å². The van der Waals surface area contributed by atoms with Crippen molar-refractivity contribution in [2.45, 2.75) is 31.4 Å². The van der Waals surface area contributed by atoms with E-state index in [2.05, 4.69) is 14.7 Å². The number of benzene rings is 1. The summed E-state index contributed by atoms with van der Waals surface area (Å²) in [7, 11) is -3.64. The smallest absolute Gasteiger partial charge is 0.240 e. The number of aryl methyl sites for hydroxylation is 1. The largest absolute Gasteiger partial charge is 0.392 e. The Morgan fingerprint density at radius 1 is 1.24 bits per heavy atom. The van der Waals surface area contributed by atoms with Gasteiger partial charge >= 0.3 is 0 Å². The predicted molar refractivity (Wildman–Crippen MR) is 77.8 cm³/mol. The number of sulfonamides is 1. The SMILES string of the molecule is CCc1ccc(S(=O)(=O)NCc2ccncn2)cc1CO. The molecule has 2 aromatic rings. The van der Waals surface area contributed by atoms with Crippen molar-refractivity contribution in [2.24, 2.45) is 0 Å². The summed E-state index contributed by atoms with van der Waals surface area (Å²) in [6, 6.07) is 6.41. The summed E-state index contributed by atoms with van der Waals surface area (Å²) < 4.78 is 27.0. The van der Waals surface area contributed by atoms with Crippen LogP contribution in [0.25, 0.3) is 0 Å². The van der Waals surface area contributed by atoms with Crippen molar-refractivity contribution in [2.75, 3.05) is 0 Å². The van der Waals surface area contributed by atoms with E-state index in [1.54, 1.807) is 24.4 Å². The first kappa shape index (κ1) is 15.6. The van der Waals surface area contributed by atoms with Gasteiger partial charge in [-0.25, -0.2) is 23.1 Å². The summed E-state index contributed by atoms with van der Waals surface area (Å²) in [6.07, 6.45) is 3.66. The van der Waals surface area contributed by atoms with Crippen molar-refractivity contribution >= 4 is 10.0 Å². The lowest BCUT2D eigenvalue weighted by Gasteiger charge is -2.10. The second-order valence-corrected chi connectivity index (χ2v) is 6.23. The van der Waals surface area contributed by atoms with Crippen LogP contribution in [0.1, 0.15) is 23.7 Å². The second-order valence-electron chi connectivity index (χ2n) is 4.47. The molecule has 0 radical (unpaired) electrons. The molecule has 7 heteroatoms. The molecule has 0 spiro atoms. The first-order chi connectivity index (χ1) is 10.1. The van der Waals surface area contributed by atoms with Gasteiger partial charge in [-0.15, -0.1) is 0 Å². The molecule has 1 aromatic carbocycles. The van der Waals surface area contributed by atoms with Crippen LogP contribution in [-0.4, -0.2) is 23.5 Å². The fourth-order valence-electron chi connectivity index (χ4n) is 1.94. The molecular weight excluding hydrogens is 290 g/mol. The van der Waals surface area contributed by atoms with Gasteiger partial charge in [0.25, 0.3) is 0 Å². The molecular formula is C14H17N3O3S. The highest BCUT2D eigenvalue weighted by molar-refractivity contribution is 7.89. The van der Waals surface area contributed by atoms with Crippen LogP contribution in [0.3, 0.4) is 0 Å². The summed E-state index contributed by atoms with van der Waals surface area (Å²) in [4.78, 5) is 7.87. The molecule has 0 fully saturated rings. The van der Waals surface area contributed by atoms with Crippen molar-refractivity contribution in [3.63, 3.8) is 0 Å². The highest BCUT2D eigenvalue weighted by atomic mass is 32.2. The highest BCUT2D eigenvalue weighted by Crippen LogP contribution is 2.17. The Morgan fingerprint density at radius 2 is 2.05 bits per heavy atom. The fraction of sp³-hybridized carbons (Fsp3) is 0.286. The zero-order valence-electron chi connectivity index (χ0n) is 11.7. The summed E-state index contributed by atoms with van der Waals surface area (Å²) >= 11 is 0. The normalized spacial score (nSPS) is 11.5. The number of hydrogen-bond acceptors (Lipinski definition) is 5. The first-order valence-electron chi connectivity index (χ1n) is 6.54. The third-order valence-electron chi connectivity index (χ3n) is 3.13. The van der Waals surface area contributed by atoms with Crippen LogP contribution in [0.5, 0.6) is 0 Å². The predicted octanol–water partition coefficient (Wildman–Crippen LogP) is 1.01. The number of aromatic nitrogens is 2. The van der Waals surface area contributed by atoms with Gasteiger partial charge in [0.1, 0.15) is 6.33 Å². The topological polar surface area (TPSA) is 92.2 Å². The molecule has 0 amide bonds. The van der Waals surface area contributed by atoms with E-state index in [4.69, 9.17) is 0 Å². The van der Waals surface area contributed by atoms with Crippen molar-refractivity contribution in [1.29, 1.82) is 0 Å². The van der Waals surface area contributed by atoms with E-state index in [-0.39, 0.29) is 18.0 Å². The van der Waals surface area contributed by atoms with Crippen LogP contribution < -0.4 is 4.72 Å². The van der Waals surface area contributed by atoms with Crippen molar-refractivity contribution < 1.29 is 13.5 Å². The number of aliphatic hydroxyl groups is 1. The third-order valence-corrected chi connectivity index (χ3v) is 4.52. The van der Waals surface area contributed by atoms with Crippen molar-refractivity contribution in [3.8, 4) is 0 Å². The van der Waals surface area contributed by atoms with Crippen LogP contribution in [0.4, 0.5) is 0 Å². The molecule has 0 atom stereocenters. The van der Waals surface area contributed by atoms with Crippen LogP contribution in [0.2, 0.25) is 0 Å². The molecule has 112 valence electrons. The molecule has 0 unspecified atom stereocenters. The zero-order chi connectivity index (χ0) is 15.3. The van der Waals surface area contributed by atoms with E-state index in [0.29, 0.717) is 11.3 Å². The van der Waals surface area contributed by atoms with Gasteiger partial charge in [0, 0.05) is 6.20 Å². The molecule has 1 heterocycles. The summed E-state index contributed by atoms with van der Waals surface area (Å²) in [5.74, 6) is 0. The average Bonchev–Trinajstić information content (AvgIpc) is 2.53. The third kappa shape index (κ3) is 3.84. The lowest BCUT2D eigenvalue weighted by Crippen LogP contribution is -2.24. The standard InChI is InChI=1S/C14H17N3O3S/c1-2-11-3-4-14(7-12(11)9-18)21(19,20)17-8-13-5-6-15-10-16-13/h3-7,10,17-18H,2,8-9H2,1H3. The Kier molecular flexibility index (Phi) is 5.00. The summed E-state index contributed by atoms with van der Waals surface area (Å²) in [5, 5.41) is 9.32. The Morgan fingerprint density at radius 3 is 2.67 bits per heavy atom. The lowest BCUT2D eigenvalue weighted by atomic mass is 10.1. The molecule has 0 aliphatic rings. The second kappa shape index (κ2) is 6.75. The molecule has 0 bridgehead atoms. The van der Waals surface area contributed by atoms with Gasteiger partial charge in [-0.05, 0) is 35.7 Å². The molecule has 2 rings (SSSR count). The number of aliphatic hydroxyl groups excluding tert-OH is 1. The number of rotatable bonds is 6. The number of nitrogens with one attached hydrogen (secondary N) is 1. The Balaban J connectivity index is 2.19. The quantitative estimate of drug-likeness (QED) is 0.831. The van der Waals surface area contributed by atoms with E-state index in [1.807, 2.05) is 6.92 Å². The van der Waals surface area contributed by atoms with Crippen molar-refractivity contribution in [1.82, 2.24) is 14.7 Å². The van der Waals surface area contributed by atoms with Gasteiger partial charge in [0.15, 0.2) is 0 Å². The average molecular weight is 307 g/mol. The minimum absolute atomic E-state index is 0.0921. The minimum atomic E-state index is -3.64. The van der Waals surface area contributed by atoms with Crippen LogP contribution in [0.15, 0.2) is 41.7 Å². The van der Waals surface area contributed by atoms with Crippen molar-refractivity contribution in [3.05, 3.63) is 53.6 Å². The molecule has 0 saturated carbocycles. The van der Waals surface area contributed by atoms with Gasteiger partial charge in [-0.1, -0.05) is 13.0 Å². The minimum Gasteiger partial charge on any atom is -0.392 e. The first-order valence-corrected chi connectivity index (χ1v) is 8.02. The number of nitrogens with zero attached hydrogens (tertiary/aromatic N) is 2. The monoisotopic (exact) mass is 307 g/mol. The Hall–Kier alpha value is -1.83. The molecule has 21 heavy (non-hydrogen) atoms. The molecule has 0 saturated heterocycles. The lowest BCUT2D eigenvalue weighted by molar-refractivity contribution is 0.280. The fourth-order valence-corrected chi connectivity index (χ4v) is 2.99. The van der Waals surface area contributed by atoms with Crippen LogP contribution in [0, 0.1) is 0 Å². The summed E-state index contributed by atoms with van der Waals surface area (Å²) in [5.41, 5.74) is 2.15. The van der Waals surface area contributed by atoms with E-state index < -0.39 is 10.0 Å². The van der Waals surface area contributed by atoms with Gasteiger partial charge in [0.2, 0.25) is 10.0 Å². The van der Waals surface area contributed by atoms with Crippen LogP contribution in [-0.2, 0) is 29.6 Å².